The summed E-state index contributed by atoms with van der Waals surface area (Å²) in [6.45, 7) is 7.14. The van der Waals surface area contributed by atoms with Crippen molar-refractivity contribution >= 4 is 39.1 Å². The summed E-state index contributed by atoms with van der Waals surface area (Å²) in [5.41, 5.74) is 1.91. The van der Waals surface area contributed by atoms with Crippen molar-refractivity contribution in [3.63, 3.8) is 0 Å². The van der Waals surface area contributed by atoms with E-state index in [0.29, 0.717) is 12.2 Å². The molecule has 2 atom stereocenters. The zero-order valence-electron chi connectivity index (χ0n) is 24.1. The number of sulfonamides is 1. The number of carbonyl (C=O) groups excluding carboxylic acids is 2. The Hall–Kier alpha value is -3.56. The first-order chi connectivity index (χ1) is 19.5. The van der Waals surface area contributed by atoms with E-state index in [2.05, 4.69) is 5.32 Å². The van der Waals surface area contributed by atoms with Crippen LogP contribution in [-0.4, -0.2) is 50.9 Å². The number of hydrogen-bond acceptors (Lipinski definition) is 5. The standard InChI is InChI=1S/C31H38ClN3O5S/c1-6-23(4)33-31(37)28(7-2)34(20-24-11-9-8-10-12-24)30(36)21-35(25-15-18-29(40-5)27(32)19-25)41(38,39)26-16-13-22(3)14-17-26/h8-19,23,28H,6-7,20-21H2,1-5H3,(H,33,37)/t23-,28-/m1/s1. The molecule has 3 rings (SSSR count). The van der Waals surface area contributed by atoms with Crippen molar-refractivity contribution in [2.75, 3.05) is 18.0 Å². The van der Waals surface area contributed by atoms with Crippen LogP contribution in [0, 0.1) is 6.92 Å². The molecule has 8 nitrogen and oxygen atoms in total. The molecule has 0 radical (unpaired) electrons. The zero-order valence-corrected chi connectivity index (χ0v) is 25.7. The third kappa shape index (κ3) is 8.01. The van der Waals surface area contributed by atoms with E-state index in [-0.39, 0.29) is 34.1 Å². The van der Waals surface area contributed by atoms with Gasteiger partial charge in [0.15, 0.2) is 0 Å². The normalized spacial score (nSPS) is 12.7. The van der Waals surface area contributed by atoms with Gasteiger partial charge in [-0.15, -0.1) is 0 Å². The fourth-order valence-corrected chi connectivity index (χ4v) is 5.98. The maximum atomic E-state index is 14.1. The molecule has 0 aliphatic heterocycles. The monoisotopic (exact) mass is 599 g/mol. The van der Waals surface area contributed by atoms with Gasteiger partial charge in [-0.25, -0.2) is 8.42 Å². The second kappa shape index (κ2) is 14.4. The molecule has 3 aromatic rings. The Morgan fingerprint density at radius 2 is 1.63 bits per heavy atom. The quantitative estimate of drug-likeness (QED) is 0.277. The van der Waals surface area contributed by atoms with Gasteiger partial charge in [0, 0.05) is 12.6 Å². The highest BCUT2D eigenvalue weighted by Gasteiger charge is 2.34. The van der Waals surface area contributed by atoms with Crippen molar-refractivity contribution in [1.82, 2.24) is 10.2 Å². The second-order valence-electron chi connectivity index (χ2n) is 9.89. The fraction of sp³-hybridized carbons (Fsp3) is 0.355. The third-order valence-electron chi connectivity index (χ3n) is 6.89. The maximum absolute atomic E-state index is 14.1. The number of ether oxygens (including phenoxy) is 1. The van der Waals surface area contributed by atoms with Gasteiger partial charge in [0.1, 0.15) is 18.3 Å². The van der Waals surface area contributed by atoms with Crippen LogP contribution in [0.4, 0.5) is 5.69 Å². The molecule has 0 unspecified atom stereocenters. The Morgan fingerprint density at radius 1 is 0.976 bits per heavy atom. The van der Waals surface area contributed by atoms with E-state index in [1.165, 1.54) is 36.3 Å². The molecule has 41 heavy (non-hydrogen) atoms. The minimum Gasteiger partial charge on any atom is -0.495 e. The predicted molar refractivity (Wildman–Crippen MR) is 163 cm³/mol. The molecule has 0 saturated heterocycles. The average molecular weight is 600 g/mol. The van der Waals surface area contributed by atoms with Gasteiger partial charge >= 0.3 is 0 Å². The van der Waals surface area contributed by atoms with E-state index in [0.717, 1.165) is 21.9 Å². The van der Waals surface area contributed by atoms with E-state index in [4.69, 9.17) is 16.3 Å². The number of benzene rings is 3. The number of aryl methyl sites for hydroxylation is 1. The van der Waals surface area contributed by atoms with Gasteiger partial charge in [-0.2, -0.15) is 0 Å². The number of nitrogens with zero attached hydrogens (tertiary/aromatic N) is 2. The number of rotatable bonds is 13. The molecule has 0 aliphatic rings. The van der Waals surface area contributed by atoms with Gasteiger partial charge in [-0.05, 0) is 62.6 Å². The first kappa shape index (κ1) is 32.0. The lowest BCUT2D eigenvalue weighted by Crippen LogP contribution is -2.53. The predicted octanol–water partition coefficient (Wildman–Crippen LogP) is 5.57. The van der Waals surface area contributed by atoms with Crippen LogP contribution in [0.25, 0.3) is 0 Å². The number of anilines is 1. The molecule has 0 heterocycles. The summed E-state index contributed by atoms with van der Waals surface area (Å²) >= 11 is 6.38. The van der Waals surface area contributed by atoms with Crippen LogP contribution in [0.2, 0.25) is 5.02 Å². The highest BCUT2D eigenvalue weighted by atomic mass is 35.5. The van der Waals surface area contributed by atoms with Crippen LogP contribution in [0.1, 0.15) is 44.7 Å². The Bertz CT molecular complexity index is 1430. The molecular formula is C31H38ClN3O5S. The number of halogens is 1. The highest BCUT2D eigenvalue weighted by molar-refractivity contribution is 7.92. The van der Waals surface area contributed by atoms with E-state index in [9.17, 15) is 18.0 Å². The number of carbonyl (C=O) groups is 2. The first-order valence-corrected chi connectivity index (χ1v) is 15.4. The summed E-state index contributed by atoms with van der Waals surface area (Å²) in [4.78, 5) is 28.9. The minimum absolute atomic E-state index is 0.0269. The van der Waals surface area contributed by atoms with Crippen molar-refractivity contribution in [3.8, 4) is 5.75 Å². The molecule has 0 fully saturated rings. The van der Waals surface area contributed by atoms with Crippen molar-refractivity contribution in [2.24, 2.45) is 0 Å². The largest absolute Gasteiger partial charge is 0.495 e. The molecule has 0 spiro atoms. The van der Waals surface area contributed by atoms with Crippen LogP contribution in [0.3, 0.4) is 0 Å². The minimum atomic E-state index is -4.20. The summed E-state index contributed by atoms with van der Waals surface area (Å²) in [5.74, 6) is -0.443. The lowest BCUT2D eigenvalue weighted by molar-refractivity contribution is -0.140. The maximum Gasteiger partial charge on any atom is 0.264 e. The summed E-state index contributed by atoms with van der Waals surface area (Å²) in [6, 6.07) is 19.4. The molecule has 0 aromatic heterocycles. The van der Waals surface area contributed by atoms with Gasteiger partial charge in [0.05, 0.1) is 22.7 Å². The van der Waals surface area contributed by atoms with Gasteiger partial charge in [0.2, 0.25) is 11.8 Å². The van der Waals surface area contributed by atoms with E-state index in [1.807, 2.05) is 58.0 Å². The van der Waals surface area contributed by atoms with E-state index >= 15 is 0 Å². The molecule has 0 bridgehead atoms. The fourth-order valence-electron chi connectivity index (χ4n) is 4.32. The Kier molecular flexibility index (Phi) is 11.2. The van der Waals surface area contributed by atoms with E-state index < -0.39 is 28.5 Å². The Morgan fingerprint density at radius 3 is 2.20 bits per heavy atom. The summed E-state index contributed by atoms with van der Waals surface area (Å²) in [5, 5.41) is 3.17. The summed E-state index contributed by atoms with van der Waals surface area (Å²) < 4.78 is 34.2. The van der Waals surface area contributed by atoms with Gasteiger partial charge in [-0.1, -0.05) is 73.5 Å². The lowest BCUT2D eigenvalue weighted by Gasteiger charge is -2.33. The van der Waals surface area contributed by atoms with Crippen molar-refractivity contribution in [1.29, 1.82) is 0 Å². The Balaban J connectivity index is 2.08. The summed E-state index contributed by atoms with van der Waals surface area (Å²) in [6.07, 6.45) is 1.08. The van der Waals surface area contributed by atoms with Gasteiger partial charge < -0.3 is 15.0 Å². The summed E-state index contributed by atoms with van der Waals surface area (Å²) in [7, 11) is -2.74. The molecule has 220 valence electrons. The Labute approximate surface area is 248 Å². The molecule has 1 N–H and O–H groups in total. The molecule has 0 saturated carbocycles. The molecule has 2 amide bonds. The van der Waals surface area contributed by atoms with E-state index in [1.54, 1.807) is 18.2 Å². The van der Waals surface area contributed by atoms with Crippen molar-refractivity contribution < 1.29 is 22.7 Å². The molecule has 10 heteroatoms. The van der Waals surface area contributed by atoms with Crippen LogP contribution in [0.5, 0.6) is 5.75 Å². The number of amides is 2. The molecular weight excluding hydrogens is 562 g/mol. The first-order valence-electron chi connectivity index (χ1n) is 13.6. The lowest BCUT2D eigenvalue weighted by atomic mass is 10.1. The van der Waals surface area contributed by atoms with Crippen molar-refractivity contribution in [2.45, 2.75) is 64.1 Å². The highest BCUT2D eigenvalue weighted by Crippen LogP contribution is 2.32. The SMILES string of the molecule is CC[C@@H](C)NC(=O)[C@@H](CC)N(Cc1ccccc1)C(=O)CN(c1ccc(OC)c(Cl)c1)S(=O)(=O)c1ccc(C)cc1. The van der Waals surface area contributed by atoms with Crippen LogP contribution in [0.15, 0.2) is 77.7 Å². The van der Waals surface area contributed by atoms with Gasteiger partial charge in [0.25, 0.3) is 10.0 Å². The van der Waals surface area contributed by atoms with Crippen LogP contribution >= 0.6 is 11.6 Å². The van der Waals surface area contributed by atoms with Crippen molar-refractivity contribution in [3.05, 3.63) is 88.9 Å². The topological polar surface area (TPSA) is 96.0 Å². The number of nitrogens with one attached hydrogen (secondary N) is 1. The number of methoxy groups -OCH3 is 1. The molecule has 3 aromatic carbocycles. The smallest absolute Gasteiger partial charge is 0.264 e. The third-order valence-corrected chi connectivity index (χ3v) is 8.98. The average Bonchev–Trinajstić information content (AvgIpc) is 2.96. The van der Waals surface area contributed by atoms with Crippen LogP contribution < -0.4 is 14.4 Å². The van der Waals surface area contributed by atoms with Crippen LogP contribution in [-0.2, 0) is 26.2 Å². The zero-order chi connectivity index (χ0) is 30.2. The molecule has 0 aliphatic carbocycles. The second-order valence-corrected chi connectivity index (χ2v) is 12.2. The number of hydrogen-bond donors (Lipinski definition) is 1. The van der Waals surface area contributed by atoms with Gasteiger partial charge in [-0.3, -0.25) is 13.9 Å².